The molecule has 4 heteroatoms. The summed E-state index contributed by atoms with van der Waals surface area (Å²) in [6.07, 6.45) is -1.78. The second kappa shape index (κ2) is 1.72. The average molecular weight is 118 g/mol. The zero-order valence-corrected chi connectivity index (χ0v) is 4.07. The minimum Gasteiger partial charge on any atom is -0.479 e. The highest BCUT2D eigenvalue weighted by molar-refractivity contribution is 5.74. The maximum Gasteiger partial charge on any atom is 0.335 e. The summed E-state index contributed by atoms with van der Waals surface area (Å²) in [6, 6.07) is 0. The number of carbonyl (C=O) groups is 1. The topological polar surface area (TPSA) is 66.8 Å². The Hall–Kier alpha value is -0.610. The monoisotopic (exact) mass is 118 g/mol. The number of aliphatic hydroxyl groups is 1. The van der Waals surface area contributed by atoms with E-state index in [-0.39, 0.29) is 6.61 Å². The van der Waals surface area contributed by atoms with Gasteiger partial charge in [0.2, 0.25) is 0 Å². The van der Waals surface area contributed by atoms with Crippen LogP contribution in [0.25, 0.3) is 0 Å². The molecular weight excluding hydrogens is 112 g/mol. The molecule has 0 aliphatic carbocycles. The van der Waals surface area contributed by atoms with E-state index in [9.17, 15) is 4.79 Å². The van der Waals surface area contributed by atoms with Crippen molar-refractivity contribution in [1.29, 1.82) is 0 Å². The highest BCUT2D eigenvalue weighted by atomic mass is 16.6. The summed E-state index contributed by atoms with van der Waals surface area (Å²) in [4.78, 5) is 9.91. The van der Waals surface area contributed by atoms with Gasteiger partial charge in [0.15, 0.2) is 6.10 Å². The Kier molecular flexibility index (Phi) is 1.19. The van der Waals surface area contributed by atoms with E-state index >= 15 is 0 Å². The molecule has 1 aliphatic rings. The fraction of sp³-hybridized carbons (Fsp3) is 0.750. The lowest BCUT2D eigenvalue weighted by Crippen LogP contribution is -2.49. The van der Waals surface area contributed by atoms with Gasteiger partial charge >= 0.3 is 5.97 Å². The van der Waals surface area contributed by atoms with Crippen LogP contribution in [0.4, 0.5) is 0 Å². The van der Waals surface area contributed by atoms with Gasteiger partial charge in [-0.1, -0.05) is 0 Å². The quantitative estimate of drug-likeness (QED) is 0.455. The summed E-state index contributed by atoms with van der Waals surface area (Å²) < 4.78 is 4.45. The van der Waals surface area contributed by atoms with Crippen LogP contribution in [0.5, 0.6) is 0 Å². The maximum atomic E-state index is 9.91. The van der Waals surface area contributed by atoms with Crippen molar-refractivity contribution in [3.63, 3.8) is 0 Å². The Morgan fingerprint density at radius 3 is 2.38 bits per heavy atom. The van der Waals surface area contributed by atoms with Crippen LogP contribution in [-0.4, -0.2) is 35.0 Å². The smallest absolute Gasteiger partial charge is 0.335 e. The number of carboxylic acid groups (broad SMARTS) is 1. The molecule has 1 heterocycles. The highest BCUT2D eigenvalue weighted by Crippen LogP contribution is 2.11. The van der Waals surface area contributed by atoms with Gasteiger partial charge in [-0.3, -0.25) is 0 Å². The molecule has 1 fully saturated rings. The third-order valence-electron chi connectivity index (χ3n) is 1.04. The zero-order valence-electron chi connectivity index (χ0n) is 4.07. The molecule has 0 bridgehead atoms. The third kappa shape index (κ3) is 0.677. The largest absolute Gasteiger partial charge is 0.479 e. The molecule has 46 valence electrons. The summed E-state index contributed by atoms with van der Waals surface area (Å²) in [5.41, 5.74) is 0. The van der Waals surface area contributed by atoms with Crippen molar-refractivity contribution in [3.05, 3.63) is 0 Å². The number of aliphatic hydroxyl groups excluding tert-OH is 1. The fourth-order valence-electron chi connectivity index (χ4n) is 0.514. The van der Waals surface area contributed by atoms with Gasteiger partial charge in [0, 0.05) is 0 Å². The van der Waals surface area contributed by atoms with E-state index in [0.717, 1.165) is 0 Å². The molecule has 2 atom stereocenters. The summed E-state index contributed by atoms with van der Waals surface area (Å²) in [5, 5.41) is 16.7. The van der Waals surface area contributed by atoms with Gasteiger partial charge in [-0.25, -0.2) is 4.79 Å². The van der Waals surface area contributed by atoms with Crippen molar-refractivity contribution in [2.75, 3.05) is 6.61 Å². The molecule has 1 saturated heterocycles. The number of ether oxygens (including phenoxy) is 1. The van der Waals surface area contributed by atoms with E-state index in [4.69, 9.17) is 10.2 Å². The van der Waals surface area contributed by atoms with Crippen molar-refractivity contribution in [2.24, 2.45) is 0 Å². The first-order valence-corrected chi connectivity index (χ1v) is 2.24. The maximum absolute atomic E-state index is 9.91. The third-order valence-corrected chi connectivity index (χ3v) is 1.04. The van der Waals surface area contributed by atoms with E-state index in [1.165, 1.54) is 0 Å². The molecule has 1 rings (SSSR count). The normalized spacial score (nSPS) is 36.1. The van der Waals surface area contributed by atoms with Gasteiger partial charge in [-0.15, -0.1) is 0 Å². The number of hydrogen-bond acceptors (Lipinski definition) is 3. The molecule has 4 nitrogen and oxygen atoms in total. The van der Waals surface area contributed by atoms with Crippen LogP contribution < -0.4 is 0 Å². The minimum atomic E-state index is -1.09. The zero-order chi connectivity index (χ0) is 6.15. The predicted octanol–water partition coefficient (Wildman–Crippen LogP) is -1.17. The molecule has 0 aromatic heterocycles. The molecule has 0 aromatic carbocycles. The van der Waals surface area contributed by atoms with Crippen molar-refractivity contribution in [1.82, 2.24) is 0 Å². The van der Waals surface area contributed by atoms with E-state index in [1.807, 2.05) is 0 Å². The van der Waals surface area contributed by atoms with Crippen LogP contribution in [0, 0.1) is 0 Å². The second-order valence-corrected chi connectivity index (χ2v) is 1.66. The van der Waals surface area contributed by atoms with Gasteiger partial charge in [-0.2, -0.15) is 0 Å². The number of hydrogen-bond donors (Lipinski definition) is 2. The first-order chi connectivity index (χ1) is 3.72. The van der Waals surface area contributed by atoms with Crippen LogP contribution >= 0.6 is 0 Å². The van der Waals surface area contributed by atoms with Crippen LogP contribution in [0.2, 0.25) is 0 Å². The lowest BCUT2D eigenvalue weighted by Gasteiger charge is -2.28. The lowest BCUT2D eigenvalue weighted by atomic mass is 10.1. The first-order valence-electron chi connectivity index (χ1n) is 2.24. The Labute approximate surface area is 45.7 Å². The van der Waals surface area contributed by atoms with Crippen LogP contribution in [-0.2, 0) is 9.53 Å². The SMILES string of the molecule is O=C(O)C1OCC1O. The van der Waals surface area contributed by atoms with Gasteiger partial charge in [0.05, 0.1) is 6.61 Å². The van der Waals surface area contributed by atoms with E-state index < -0.39 is 18.2 Å². The van der Waals surface area contributed by atoms with Crippen molar-refractivity contribution < 1.29 is 19.7 Å². The van der Waals surface area contributed by atoms with Crippen molar-refractivity contribution in [2.45, 2.75) is 12.2 Å². The minimum absolute atomic E-state index is 0.150. The molecular formula is C4H6O4. The first kappa shape index (κ1) is 5.53. The Balaban J connectivity index is 2.37. The van der Waals surface area contributed by atoms with Gasteiger partial charge in [-0.05, 0) is 0 Å². The lowest BCUT2D eigenvalue weighted by molar-refractivity contribution is -0.193. The summed E-state index contributed by atoms with van der Waals surface area (Å²) in [5.74, 6) is -1.09. The van der Waals surface area contributed by atoms with E-state index in [0.29, 0.717) is 0 Å². The van der Waals surface area contributed by atoms with E-state index in [2.05, 4.69) is 4.74 Å². The fourth-order valence-corrected chi connectivity index (χ4v) is 0.514. The number of carboxylic acids is 1. The molecule has 8 heavy (non-hydrogen) atoms. The van der Waals surface area contributed by atoms with Gasteiger partial charge in [0.25, 0.3) is 0 Å². The van der Waals surface area contributed by atoms with Crippen molar-refractivity contribution in [3.8, 4) is 0 Å². The van der Waals surface area contributed by atoms with E-state index in [1.54, 1.807) is 0 Å². The molecule has 2 N–H and O–H groups in total. The molecule has 2 unspecified atom stereocenters. The highest BCUT2D eigenvalue weighted by Gasteiger charge is 2.36. The Morgan fingerprint density at radius 2 is 2.38 bits per heavy atom. The van der Waals surface area contributed by atoms with Gasteiger partial charge in [0.1, 0.15) is 6.10 Å². The Bertz CT molecular complexity index is 111. The summed E-state index contributed by atoms with van der Waals surface area (Å²) in [6.45, 7) is 0.150. The molecule has 0 saturated carbocycles. The second-order valence-electron chi connectivity index (χ2n) is 1.66. The van der Waals surface area contributed by atoms with Gasteiger partial charge < -0.3 is 14.9 Å². The molecule has 0 amide bonds. The molecule has 1 aliphatic heterocycles. The predicted molar refractivity (Wildman–Crippen MR) is 23.4 cm³/mol. The van der Waals surface area contributed by atoms with Crippen LogP contribution in [0.1, 0.15) is 0 Å². The molecule has 0 spiro atoms. The summed E-state index contributed by atoms with van der Waals surface area (Å²) in [7, 11) is 0. The van der Waals surface area contributed by atoms with Crippen LogP contribution in [0.15, 0.2) is 0 Å². The number of rotatable bonds is 1. The standard InChI is InChI=1S/C4H6O4/c5-2-1-8-3(2)4(6)7/h2-3,5H,1H2,(H,6,7). The average Bonchev–Trinajstić information content (AvgIpc) is 1.61. The molecule has 0 aromatic rings. The molecule has 0 radical (unpaired) electrons. The van der Waals surface area contributed by atoms with Crippen molar-refractivity contribution >= 4 is 5.97 Å². The Morgan fingerprint density at radius 1 is 1.75 bits per heavy atom. The number of aliphatic carboxylic acids is 1. The van der Waals surface area contributed by atoms with Crippen LogP contribution in [0.3, 0.4) is 0 Å². The summed E-state index contributed by atoms with van der Waals surface area (Å²) >= 11 is 0.